The van der Waals surface area contributed by atoms with E-state index in [1.807, 2.05) is 38.1 Å². The molecule has 0 heterocycles. The number of carbonyl (C=O) groups excluding carboxylic acids is 1. The van der Waals surface area contributed by atoms with Crippen molar-refractivity contribution in [3.8, 4) is 0 Å². The molecule has 2 N–H and O–H groups in total. The van der Waals surface area contributed by atoms with Crippen molar-refractivity contribution in [2.75, 3.05) is 0 Å². The summed E-state index contributed by atoms with van der Waals surface area (Å²) in [6.45, 7) is 5.76. The molecule has 1 aromatic rings. The predicted molar refractivity (Wildman–Crippen MR) is 62.8 cm³/mol. The second kappa shape index (κ2) is 4.58. The van der Waals surface area contributed by atoms with E-state index in [4.69, 9.17) is 5.73 Å². The number of rotatable bonds is 4. The SMILES string of the molecule is CCC(C)(N)C(=O)Cc1ccccc1C. The van der Waals surface area contributed by atoms with Gasteiger partial charge in [0, 0.05) is 6.42 Å². The lowest BCUT2D eigenvalue weighted by molar-refractivity contribution is -0.123. The quantitative estimate of drug-likeness (QED) is 0.819. The molecule has 0 spiro atoms. The van der Waals surface area contributed by atoms with Gasteiger partial charge in [-0.05, 0) is 31.4 Å². The molecule has 0 fully saturated rings. The van der Waals surface area contributed by atoms with E-state index in [-0.39, 0.29) is 5.78 Å². The molecule has 1 aromatic carbocycles. The lowest BCUT2D eigenvalue weighted by Gasteiger charge is -2.21. The summed E-state index contributed by atoms with van der Waals surface area (Å²) in [5.41, 5.74) is 7.44. The highest BCUT2D eigenvalue weighted by Crippen LogP contribution is 2.14. The number of hydrogen-bond donors (Lipinski definition) is 1. The van der Waals surface area contributed by atoms with Gasteiger partial charge in [0.2, 0.25) is 0 Å². The molecule has 0 aliphatic carbocycles. The van der Waals surface area contributed by atoms with E-state index in [9.17, 15) is 4.79 Å². The first kappa shape index (κ1) is 11.9. The molecule has 0 radical (unpaired) electrons. The molecule has 2 heteroatoms. The number of aryl methyl sites for hydroxylation is 1. The Hall–Kier alpha value is -1.15. The maximum atomic E-state index is 11.9. The molecule has 82 valence electrons. The molecule has 0 saturated heterocycles. The lowest BCUT2D eigenvalue weighted by atomic mass is 9.89. The summed E-state index contributed by atoms with van der Waals surface area (Å²) in [6.07, 6.45) is 1.12. The van der Waals surface area contributed by atoms with Crippen molar-refractivity contribution in [3.63, 3.8) is 0 Å². The number of carbonyl (C=O) groups is 1. The van der Waals surface area contributed by atoms with Crippen LogP contribution in [0.3, 0.4) is 0 Å². The molecule has 0 aliphatic heterocycles. The molecule has 0 bridgehead atoms. The first-order valence-electron chi connectivity index (χ1n) is 5.34. The summed E-state index contributed by atoms with van der Waals surface area (Å²) < 4.78 is 0. The zero-order chi connectivity index (χ0) is 11.5. The van der Waals surface area contributed by atoms with Crippen molar-refractivity contribution in [2.24, 2.45) is 5.73 Å². The van der Waals surface area contributed by atoms with Crippen LogP contribution in [0.15, 0.2) is 24.3 Å². The van der Waals surface area contributed by atoms with Gasteiger partial charge < -0.3 is 5.73 Å². The van der Waals surface area contributed by atoms with Crippen LogP contribution in [0.2, 0.25) is 0 Å². The number of ketones is 1. The van der Waals surface area contributed by atoms with Crippen molar-refractivity contribution in [2.45, 2.75) is 39.2 Å². The summed E-state index contributed by atoms with van der Waals surface area (Å²) in [7, 11) is 0. The molecule has 0 saturated carbocycles. The zero-order valence-corrected chi connectivity index (χ0v) is 9.71. The van der Waals surface area contributed by atoms with Crippen LogP contribution in [0.4, 0.5) is 0 Å². The lowest BCUT2D eigenvalue weighted by Crippen LogP contribution is -2.45. The minimum atomic E-state index is -0.692. The summed E-state index contributed by atoms with van der Waals surface area (Å²) in [5.74, 6) is 0.110. The van der Waals surface area contributed by atoms with Crippen LogP contribution >= 0.6 is 0 Å². The maximum Gasteiger partial charge on any atom is 0.156 e. The Morgan fingerprint density at radius 2 is 2.00 bits per heavy atom. The van der Waals surface area contributed by atoms with Crippen LogP contribution in [0.1, 0.15) is 31.4 Å². The van der Waals surface area contributed by atoms with Crippen molar-refractivity contribution >= 4 is 5.78 Å². The Balaban J connectivity index is 2.80. The monoisotopic (exact) mass is 205 g/mol. The molecule has 2 nitrogen and oxygen atoms in total. The highest BCUT2D eigenvalue weighted by atomic mass is 16.1. The van der Waals surface area contributed by atoms with Crippen LogP contribution in [-0.4, -0.2) is 11.3 Å². The number of hydrogen-bond acceptors (Lipinski definition) is 2. The van der Waals surface area contributed by atoms with Gasteiger partial charge in [0.1, 0.15) is 0 Å². The molecule has 0 amide bonds. The van der Waals surface area contributed by atoms with Crippen LogP contribution < -0.4 is 5.73 Å². The number of Topliss-reactive ketones (excluding diaryl/α,β-unsaturated/α-hetero) is 1. The summed E-state index contributed by atoms with van der Waals surface area (Å²) in [5, 5.41) is 0. The molecule has 0 aliphatic rings. The normalized spacial score (nSPS) is 14.7. The van der Waals surface area contributed by atoms with Gasteiger partial charge in [-0.25, -0.2) is 0 Å². The second-order valence-corrected chi connectivity index (χ2v) is 4.30. The molecular weight excluding hydrogens is 186 g/mol. The minimum Gasteiger partial charge on any atom is -0.319 e. The fourth-order valence-electron chi connectivity index (χ4n) is 1.38. The van der Waals surface area contributed by atoms with Crippen LogP contribution in [0, 0.1) is 6.92 Å². The van der Waals surface area contributed by atoms with Gasteiger partial charge in [0.05, 0.1) is 5.54 Å². The van der Waals surface area contributed by atoms with E-state index in [1.54, 1.807) is 6.92 Å². The molecule has 1 unspecified atom stereocenters. The van der Waals surface area contributed by atoms with Gasteiger partial charge in [-0.1, -0.05) is 31.2 Å². The molecule has 1 atom stereocenters. The van der Waals surface area contributed by atoms with E-state index >= 15 is 0 Å². The Bertz CT molecular complexity index is 355. The third-order valence-electron chi connectivity index (χ3n) is 2.98. The van der Waals surface area contributed by atoms with E-state index in [0.717, 1.165) is 11.1 Å². The standard InChI is InChI=1S/C13H19NO/c1-4-13(3,14)12(15)9-11-8-6-5-7-10(11)2/h5-8H,4,9,14H2,1-3H3. The van der Waals surface area contributed by atoms with Crippen molar-refractivity contribution in [1.82, 2.24) is 0 Å². The van der Waals surface area contributed by atoms with Gasteiger partial charge in [-0.2, -0.15) is 0 Å². The van der Waals surface area contributed by atoms with Gasteiger partial charge in [0.25, 0.3) is 0 Å². The summed E-state index contributed by atoms with van der Waals surface area (Å²) in [6, 6.07) is 7.93. The van der Waals surface area contributed by atoms with Crippen LogP contribution in [0.5, 0.6) is 0 Å². The summed E-state index contributed by atoms with van der Waals surface area (Å²) >= 11 is 0. The summed E-state index contributed by atoms with van der Waals surface area (Å²) in [4.78, 5) is 11.9. The maximum absolute atomic E-state index is 11.9. The Morgan fingerprint density at radius 1 is 1.40 bits per heavy atom. The Kier molecular flexibility index (Phi) is 3.64. The minimum absolute atomic E-state index is 0.110. The molecule has 0 aromatic heterocycles. The van der Waals surface area contributed by atoms with Crippen molar-refractivity contribution in [3.05, 3.63) is 35.4 Å². The number of benzene rings is 1. The zero-order valence-electron chi connectivity index (χ0n) is 9.71. The predicted octanol–water partition coefficient (Wildman–Crippen LogP) is 2.23. The largest absolute Gasteiger partial charge is 0.319 e. The van der Waals surface area contributed by atoms with Crippen molar-refractivity contribution < 1.29 is 4.79 Å². The third kappa shape index (κ3) is 2.90. The van der Waals surface area contributed by atoms with Crippen molar-refractivity contribution in [1.29, 1.82) is 0 Å². The highest BCUT2D eigenvalue weighted by Gasteiger charge is 2.25. The molecule has 1 rings (SSSR count). The van der Waals surface area contributed by atoms with Crippen LogP contribution in [0.25, 0.3) is 0 Å². The molecule has 15 heavy (non-hydrogen) atoms. The van der Waals surface area contributed by atoms with E-state index in [0.29, 0.717) is 12.8 Å². The highest BCUT2D eigenvalue weighted by molar-refractivity contribution is 5.89. The first-order chi connectivity index (χ1) is 6.97. The van der Waals surface area contributed by atoms with Gasteiger partial charge in [0.15, 0.2) is 5.78 Å². The topological polar surface area (TPSA) is 43.1 Å². The smallest absolute Gasteiger partial charge is 0.156 e. The first-order valence-corrected chi connectivity index (χ1v) is 5.34. The average Bonchev–Trinajstić information content (AvgIpc) is 2.21. The van der Waals surface area contributed by atoms with E-state index in [2.05, 4.69) is 0 Å². The van der Waals surface area contributed by atoms with Gasteiger partial charge >= 0.3 is 0 Å². The average molecular weight is 205 g/mol. The van der Waals surface area contributed by atoms with E-state index in [1.165, 1.54) is 0 Å². The Labute approximate surface area is 91.5 Å². The third-order valence-corrected chi connectivity index (χ3v) is 2.98. The Morgan fingerprint density at radius 3 is 2.53 bits per heavy atom. The van der Waals surface area contributed by atoms with Gasteiger partial charge in [-0.15, -0.1) is 0 Å². The second-order valence-electron chi connectivity index (χ2n) is 4.30. The molecular formula is C13H19NO. The number of nitrogens with two attached hydrogens (primary N) is 1. The fourth-order valence-corrected chi connectivity index (χ4v) is 1.38. The van der Waals surface area contributed by atoms with E-state index < -0.39 is 5.54 Å². The van der Waals surface area contributed by atoms with Crippen LogP contribution in [-0.2, 0) is 11.2 Å². The fraction of sp³-hybridized carbons (Fsp3) is 0.462. The van der Waals surface area contributed by atoms with Gasteiger partial charge in [-0.3, -0.25) is 4.79 Å².